The van der Waals surface area contributed by atoms with Crippen LogP contribution in [0.15, 0.2) is 53.4 Å². The van der Waals surface area contributed by atoms with E-state index < -0.39 is 26.9 Å². The lowest BCUT2D eigenvalue weighted by atomic mass is 10.1. The van der Waals surface area contributed by atoms with Crippen molar-refractivity contribution in [1.82, 2.24) is 9.62 Å². The number of nitro groups is 1. The third kappa shape index (κ3) is 6.31. The minimum Gasteiger partial charge on any atom is -0.387 e. The first kappa shape index (κ1) is 23.4. The molecule has 0 aliphatic rings. The smallest absolute Gasteiger partial charge is 0.269 e. The van der Waals surface area contributed by atoms with Gasteiger partial charge in [-0.05, 0) is 48.4 Å². The SMILES string of the molecule is CN(CCCC(=O)NC[C@H](O)c1ccc([N+](=O)[O-])cc1)S(=O)(=O)c1ccc(F)cc1. The van der Waals surface area contributed by atoms with Crippen LogP contribution in [-0.2, 0) is 14.8 Å². The van der Waals surface area contributed by atoms with E-state index in [-0.39, 0.29) is 42.4 Å². The van der Waals surface area contributed by atoms with Gasteiger partial charge in [-0.25, -0.2) is 17.1 Å². The molecule has 11 heteroatoms. The number of non-ortho nitro benzene ring substituents is 1. The summed E-state index contributed by atoms with van der Waals surface area (Å²) < 4.78 is 38.8. The van der Waals surface area contributed by atoms with Crippen LogP contribution >= 0.6 is 0 Å². The van der Waals surface area contributed by atoms with Crippen molar-refractivity contribution in [2.75, 3.05) is 20.1 Å². The maximum Gasteiger partial charge on any atom is 0.269 e. The van der Waals surface area contributed by atoms with Crippen LogP contribution in [-0.4, -0.2) is 48.8 Å². The number of nitro benzene ring substituents is 1. The molecule has 0 heterocycles. The molecule has 0 saturated heterocycles. The Morgan fingerprint density at radius 2 is 1.80 bits per heavy atom. The van der Waals surface area contributed by atoms with Crippen LogP contribution in [0.3, 0.4) is 0 Å². The van der Waals surface area contributed by atoms with Crippen LogP contribution < -0.4 is 5.32 Å². The molecule has 1 amide bonds. The molecular formula is C19H22FN3O6S. The van der Waals surface area contributed by atoms with Crippen molar-refractivity contribution in [3.8, 4) is 0 Å². The molecule has 0 aromatic heterocycles. The van der Waals surface area contributed by atoms with E-state index in [4.69, 9.17) is 0 Å². The first-order valence-electron chi connectivity index (χ1n) is 9.02. The van der Waals surface area contributed by atoms with Gasteiger partial charge in [-0.2, -0.15) is 0 Å². The van der Waals surface area contributed by atoms with Gasteiger partial charge in [0.25, 0.3) is 5.69 Å². The number of hydrogen-bond donors (Lipinski definition) is 2. The van der Waals surface area contributed by atoms with Crippen LogP contribution in [0.2, 0.25) is 0 Å². The van der Waals surface area contributed by atoms with Crippen molar-refractivity contribution in [1.29, 1.82) is 0 Å². The summed E-state index contributed by atoms with van der Waals surface area (Å²) in [5.74, 6) is -0.910. The number of carbonyl (C=O) groups excluding carboxylic acids is 1. The molecule has 0 bridgehead atoms. The van der Waals surface area contributed by atoms with E-state index in [2.05, 4.69) is 5.32 Å². The van der Waals surface area contributed by atoms with Gasteiger partial charge in [0.1, 0.15) is 5.82 Å². The minimum atomic E-state index is -3.78. The minimum absolute atomic E-state index is 0.0380. The number of nitrogens with one attached hydrogen (secondary N) is 1. The lowest BCUT2D eigenvalue weighted by Crippen LogP contribution is -2.31. The van der Waals surface area contributed by atoms with E-state index in [1.54, 1.807) is 0 Å². The molecule has 162 valence electrons. The van der Waals surface area contributed by atoms with Gasteiger partial charge in [-0.3, -0.25) is 14.9 Å². The highest BCUT2D eigenvalue weighted by Crippen LogP contribution is 2.18. The zero-order chi connectivity index (χ0) is 22.3. The summed E-state index contributed by atoms with van der Waals surface area (Å²) in [5, 5.41) is 23.2. The highest BCUT2D eigenvalue weighted by atomic mass is 32.2. The molecule has 0 aliphatic heterocycles. The zero-order valence-corrected chi connectivity index (χ0v) is 17.0. The van der Waals surface area contributed by atoms with E-state index in [1.165, 1.54) is 43.4 Å². The molecule has 0 saturated carbocycles. The summed E-state index contributed by atoms with van der Waals surface area (Å²) in [4.78, 5) is 22.0. The quantitative estimate of drug-likeness (QED) is 0.430. The number of rotatable bonds is 10. The molecule has 0 unspecified atom stereocenters. The Hall–Kier alpha value is -2.89. The second-order valence-corrected chi connectivity index (χ2v) is 8.60. The molecule has 9 nitrogen and oxygen atoms in total. The van der Waals surface area contributed by atoms with Gasteiger partial charge in [-0.1, -0.05) is 0 Å². The van der Waals surface area contributed by atoms with E-state index >= 15 is 0 Å². The molecule has 0 fully saturated rings. The van der Waals surface area contributed by atoms with Gasteiger partial charge < -0.3 is 10.4 Å². The average molecular weight is 439 g/mol. The summed E-state index contributed by atoms with van der Waals surface area (Å²) in [6.07, 6.45) is -0.747. The summed E-state index contributed by atoms with van der Waals surface area (Å²) in [7, 11) is -2.41. The molecule has 2 rings (SSSR count). The standard InChI is InChI=1S/C19H22FN3O6S/c1-22(30(28,29)17-10-6-15(20)7-11-17)12-2-3-19(25)21-13-18(24)14-4-8-16(9-5-14)23(26)27/h4-11,18,24H,2-3,12-13H2,1H3,(H,21,25)/t18-/m0/s1. The third-order valence-electron chi connectivity index (χ3n) is 4.38. The second-order valence-electron chi connectivity index (χ2n) is 6.55. The van der Waals surface area contributed by atoms with Crippen LogP contribution in [0.4, 0.5) is 10.1 Å². The third-order valence-corrected chi connectivity index (χ3v) is 6.25. The number of hydrogen-bond acceptors (Lipinski definition) is 6. The number of sulfonamides is 1. The molecule has 2 aromatic carbocycles. The lowest BCUT2D eigenvalue weighted by Gasteiger charge is -2.17. The van der Waals surface area contributed by atoms with Gasteiger partial charge in [0.05, 0.1) is 15.9 Å². The first-order chi connectivity index (χ1) is 14.1. The Kier molecular flexibility index (Phi) is 7.98. The fraction of sp³-hybridized carbons (Fsp3) is 0.316. The summed E-state index contributed by atoms with van der Waals surface area (Å²) in [6, 6.07) is 9.81. The molecule has 1 atom stereocenters. The second kappa shape index (κ2) is 10.2. The monoisotopic (exact) mass is 439 g/mol. The molecule has 2 N–H and O–H groups in total. The fourth-order valence-electron chi connectivity index (χ4n) is 2.60. The van der Waals surface area contributed by atoms with Gasteiger partial charge in [0.2, 0.25) is 15.9 Å². The fourth-order valence-corrected chi connectivity index (χ4v) is 3.81. The maximum atomic E-state index is 13.0. The average Bonchev–Trinajstić information content (AvgIpc) is 2.72. The number of carbonyl (C=O) groups is 1. The summed E-state index contributed by atoms with van der Waals surface area (Å²) in [6.45, 7) is -0.00159. The number of aliphatic hydroxyl groups is 1. The molecule has 0 spiro atoms. The molecule has 2 aromatic rings. The number of aliphatic hydroxyl groups excluding tert-OH is 1. The maximum absolute atomic E-state index is 13.0. The van der Waals surface area contributed by atoms with Crippen LogP contribution in [0.1, 0.15) is 24.5 Å². The Bertz CT molecular complexity index is 980. The highest BCUT2D eigenvalue weighted by molar-refractivity contribution is 7.89. The number of benzene rings is 2. The van der Waals surface area contributed by atoms with E-state index in [0.717, 1.165) is 16.4 Å². The van der Waals surface area contributed by atoms with Gasteiger partial charge in [0, 0.05) is 38.7 Å². The summed E-state index contributed by atoms with van der Waals surface area (Å²) in [5.41, 5.74) is 0.320. The van der Waals surface area contributed by atoms with Crippen molar-refractivity contribution in [2.45, 2.75) is 23.8 Å². The van der Waals surface area contributed by atoms with Gasteiger partial charge in [-0.15, -0.1) is 0 Å². The van der Waals surface area contributed by atoms with Crippen LogP contribution in [0.25, 0.3) is 0 Å². The Balaban J connectivity index is 1.77. The van der Waals surface area contributed by atoms with Crippen molar-refractivity contribution in [3.63, 3.8) is 0 Å². The topological polar surface area (TPSA) is 130 Å². The van der Waals surface area contributed by atoms with Crippen molar-refractivity contribution < 1.29 is 27.6 Å². The van der Waals surface area contributed by atoms with Crippen LogP contribution in [0, 0.1) is 15.9 Å². The Labute approximate surface area is 173 Å². The van der Waals surface area contributed by atoms with Crippen molar-refractivity contribution >= 4 is 21.6 Å². The Morgan fingerprint density at radius 3 is 2.37 bits per heavy atom. The molecule has 0 aliphatic carbocycles. The van der Waals surface area contributed by atoms with E-state index in [9.17, 15) is 32.8 Å². The first-order valence-corrected chi connectivity index (χ1v) is 10.5. The zero-order valence-electron chi connectivity index (χ0n) is 16.2. The normalized spacial score (nSPS) is 12.5. The van der Waals surface area contributed by atoms with Crippen LogP contribution in [0.5, 0.6) is 0 Å². The predicted octanol–water partition coefficient (Wildman–Crippen LogP) is 1.98. The van der Waals surface area contributed by atoms with Crippen molar-refractivity contribution in [3.05, 3.63) is 70.0 Å². The van der Waals surface area contributed by atoms with E-state index in [0.29, 0.717) is 5.56 Å². The van der Waals surface area contributed by atoms with Gasteiger partial charge in [0.15, 0.2) is 0 Å². The number of amides is 1. The van der Waals surface area contributed by atoms with Gasteiger partial charge >= 0.3 is 0 Å². The molecular weight excluding hydrogens is 417 g/mol. The highest BCUT2D eigenvalue weighted by Gasteiger charge is 2.20. The van der Waals surface area contributed by atoms with E-state index in [1.807, 2.05) is 0 Å². The number of nitrogens with zero attached hydrogens (tertiary/aromatic N) is 2. The largest absolute Gasteiger partial charge is 0.387 e. The van der Waals surface area contributed by atoms with Crippen molar-refractivity contribution in [2.24, 2.45) is 0 Å². The predicted molar refractivity (Wildman–Crippen MR) is 107 cm³/mol. The number of halogens is 1. The summed E-state index contributed by atoms with van der Waals surface area (Å²) >= 11 is 0. The molecule has 0 radical (unpaired) electrons. The lowest BCUT2D eigenvalue weighted by molar-refractivity contribution is -0.384. The molecule has 30 heavy (non-hydrogen) atoms. The Morgan fingerprint density at radius 1 is 1.20 bits per heavy atom.